The first-order valence-electron chi connectivity index (χ1n) is 5.91. The molecule has 17 heavy (non-hydrogen) atoms. The van der Waals surface area contributed by atoms with Crippen LogP contribution >= 0.6 is 22.9 Å². The normalized spacial score (nSPS) is 23.8. The van der Waals surface area contributed by atoms with Crippen LogP contribution in [0.3, 0.4) is 0 Å². The second kappa shape index (κ2) is 6.16. The molecule has 2 heterocycles. The van der Waals surface area contributed by atoms with E-state index in [4.69, 9.17) is 26.8 Å². The fraction of sp³-hybridized carbons (Fsp3) is 0.667. The largest absolute Gasteiger partial charge is 0.376 e. The van der Waals surface area contributed by atoms with Crippen LogP contribution in [0.15, 0.2) is 12.1 Å². The van der Waals surface area contributed by atoms with Gasteiger partial charge >= 0.3 is 0 Å². The zero-order valence-corrected chi connectivity index (χ0v) is 11.5. The van der Waals surface area contributed by atoms with Crippen molar-refractivity contribution in [3.05, 3.63) is 21.3 Å². The van der Waals surface area contributed by atoms with E-state index in [2.05, 4.69) is 0 Å². The van der Waals surface area contributed by atoms with E-state index in [9.17, 15) is 0 Å². The van der Waals surface area contributed by atoms with E-state index in [1.165, 1.54) is 11.3 Å². The van der Waals surface area contributed by atoms with Gasteiger partial charge in [0.2, 0.25) is 0 Å². The van der Waals surface area contributed by atoms with Crippen molar-refractivity contribution in [1.82, 2.24) is 0 Å². The predicted molar refractivity (Wildman–Crippen MR) is 70.6 cm³/mol. The van der Waals surface area contributed by atoms with Crippen LogP contribution in [0.4, 0.5) is 0 Å². The van der Waals surface area contributed by atoms with E-state index < -0.39 is 0 Å². The van der Waals surface area contributed by atoms with Crippen molar-refractivity contribution in [2.24, 2.45) is 5.73 Å². The Balaban J connectivity index is 1.92. The van der Waals surface area contributed by atoms with Crippen molar-refractivity contribution in [2.45, 2.75) is 38.0 Å². The Bertz CT molecular complexity index is 350. The standard InChI is InChI=1S/C12H18ClNO2S/c1-8(14)12(10-4-5-11(13)17-10)16-7-9-3-2-6-15-9/h4-5,8-9,12H,2-3,6-7,14H2,1H3. The molecule has 1 fully saturated rings. The molecule has 1 aliphatic rings. The molecule has 0 saturated carbocycles. The summed E-state index contributed by atoms with van der Waals surface area (Å²) in [5.74, 6) is 0. The van der Waals surface area contributed by atoms with Gasteiger partial charge in [-0.15, -0.1) is 11.3 Å². The molecule has 3 unspecified atom stereocenters. The van der Waals surface area contributed by atoms with Crippen molar-refractivity contribution >= 4 is 22.9 Å². The number of halogens is 1. The molecule has 0 aliphatic carbocycles. The minimum absolute atomic E-state index is 0.0499. The molecule has 2 N–H and O–H groups in total. The van der Waals surface area contributed by atoms with Crippen LogP contribution < -0.4 is 5.73 Å². The molecule has 0 radical (unpaired) electrons. The maximum Gasteiger partial charge on any atom is 0.107 e. The van der Waals surface area contributed by atoms with Crippen molar-refractivity contribution in [1.29, 1.82) is 0 Å². The van der Waals surface area contributed by atoms with Crippen LogP contribution in [0.2, 0.25) is 4.34 Å². The van der Waals surface area contributed by atoms with Crippen LogP contribution in [0, 0.1) is 0 Å². The van der Waals surface area contributed by atoms with Crippen molar-refractivity contribution in [2.75, 3.05) is 13.2 Å². The molecular formula is C12H18ClNO2S. The van der Waals surface area contributed by atoms with Gasteiger partial charge in [-0.2, -0.15) is 0 Å². The van der Waals surface area contributed by atoms with Gasteiger partial charge in [-0.05, 0) is 31.9 Å². The average molecular weight is 276 g/mol. The number of rotatable bonds is 5. The summed E-state index contributed by atoms with van der Waals surface area (Å²) < 4.78 is 12.2. The number of hydrogen-bond acceptors (Lipinski definition) is 4. The van der Waals surface area contributed by atoms with Gasteiger partial charge in [-0.1, -0.05) is 11.6 Å². The highest BCUT2D eigenvalue weighted by Gasteiger charge is 2.22. The first-order valence-corrected chi connectivity index (χ1v) is 7.10. The number of thiophene rings is 1. The molecule has 1 saturated heterocycles. The summed E-state index contributed by atoms with van der Waals surface area (Å²) in [6.45, 7) is 3.41. The monoisotopic (exact) mass is 275 g/mol. The summed E-state index contributed by atoms with van der Waals surface area (Å²) in [6.07, 6.45) is 2.35. The van der Waals surface area contributed by atoms with E-state index in [-0.39, 0.29) is 18.2 Å². The van der Waals surface area contributed by atoms with Crippen LogP contribution in [-0.4, -0.2) is 25.4 Å². The van der Waals surface area contributed by atoms with Crippen LogP contribution in [0.25, 0.3) is 0 Å². The van der Waals surface area contributed by atoms with Gasteiger partial charge in [0.25, 0.3) is 0 Å². The summed E-state index contributed by atoms with van der Waals surface area (Å²) in [5.41, 5.74) is 5.96. The highest BCUT2D eigenvalue weighted by Crippen LogP contribution is 2.31. The van der Waals surface area contributed by atoms with Gasteiger partial charge in [0, 0.05) is 17.5 Å². The molecule has 96 valence electrons. The molecule has 0 amide bonds. The highest BCUT2D eigenvalue weighted by atomic mass is 35.5. The molecule has 1 aromatic rings. The molecule has 0 bridgehead atoms. The third-order valence-corrected chi connectivity index (χ3v) is 4.13. The van der Waals surface area contributed by atoms with Gasteiger partial charge in [0.15, 0.2) is 0 Å². The summed E-state index contributed by atoms with van der Waals surface area (Å²) in [7, 11) is 0. The molecule has 5 heteroatoms. The van der Waals surface area contributed by atoms with Gasteiger partial charge < -0.3 is 15.2 Å². The average Bonchev–Trinajstić information content (AvgIpc) is 2.90. The van der Waals surface area contributed by atoms with Crippen molar-refractivity contribution < 1.29 is 9.47 Å². The maximum absolute atomic E-state index is 5.96. The molecule has 0 spiro atoms. The van der Waals surface area contributed by atoms with Crippen LogP contribution in [0.5, 0.6) is 0 Å². The minimum atomic E-state index is -0.0864. The van der Waals surface area contributed by atoms with E-state index in [0.29, 0.717) is 6.61 Å². The first-order chi connectivity index (χ1) is 8.16. The third kappa shape index (κ3) is 3.66. The van der Waals surface area contributed by atoms with E-state index in [1.54, 1.807) is 0 Å². The van der Waals surface area contributed by atoms with Gasteiger partial charge in [0.1, 0.15) is 6.10 Å². The van der Waals surface area contributed by atoms with Crippen molar-refractivity contribution in [3.8, 4) is 0 Å². The third-order valence-electron chi connectivity index (χ3n) is 2.84. The summed E-state index contributed by atoms with van der Waals surface area (Å²) >= 11 is 7.46. The Morgan fingerprint density at radius 2 is 2.47 bits per heavy atom. The first kappa shape index (κ1) is 13.3. The quantitative estimate of drug-likeness (QED) is 0.898. The molecule has 3 atom stereocenters. The zero-order chi connectivity index (χ0) is 12.3. The lowest BCUT2D eigenvalue weighted by Gasteiger charge is -2.22. The van der Waals surface area contributed by atoms with Crippen LogP contribution in [0.1, 0.15) is 30.7 Å². The number of ether oxygens (including phenoxy) is 2. The Morgan fingerprint density at radius 3 is 3.00 bits per heavy atom. The smallest absolute Gasteiger partial charge is 0.107 e. The Hall–Kier alpha value is -0.130. The molecule has 1 aromatic heterocycles. The number of hydrogen-bond donors (Lipinski definition) is 1. The van der Waals surface area contributed by atoms with Gasteiger partial charge in [-0.3, -0.25) is 0 Å². The zero-order valence-electron chi connectivity index (χ0n) is 9.90. The van der Waals surface area contributed by atoms with Crippen LogP contribution in [-0.2, 0) is 9.47 Å². The Morgan fingerprint density at radius 1 is 1.65 bits per heavy atom. The summed E-state index contributed by atoms with van der Waals surface area (Å²) in [6, 6.07) is 3.81. The van der Waals surface area contributed by atoms with Gasteiger partial charge in [-0.25, -0.2) is 0 Å². The second-order valence-corrected chi connectivity index (χ2v) is 6.14. The highest BCUT2D eigenvalue weighted by molar-refractivity contribution is 7.16. The Kier molecular flexibility index (Phi) is 4.82. The van der Waals surface area contributed by atoms with Gasteiger partial charge in [0.05, 0.1) is 17.0 Å². The molecule has 3 nitrogen and oxygen atoms in total. The lowest BCUT2D eigenvalue weighted by molar-refractivity contribution is -0.0272. The molecule has 1 aliphatic heterocycles. The fourth-order valence-corrected chi connectivity index (χ4v) is 3.19. The molecular weight excluding hydrogens is 258 g/mol. The van der Waals surface area contributed by atoms with E-state index >= 15 is 0 Å². The fourth-order valence-electron chi connectivity index (χ4n) is 1.96. The van der Waals surface area contributed by atoms with E-state index in [0.717, 1.165) is 28.7 Å². The molecule has 2 rings (SSSR count). The topological polar surface area (TPSA) is 44.5 Å². The number of nitrogens with two attached hydrogens (primary N) is 1. The lowest BCUT2D eigenvalue weighted by atomic mass is 10.1. The van der Waals surface area contributed by atoms with E-state index in [1.807, 2.05) is 19.1 Å². The lowest BCUT2D eigenvalue weighted by Crippen LogP contribution is -2.29. The van der Waals surface area contributed by atoms with Crippen molar-refractivity contribution in [3.63, 3.8) is 0 Å². The SMILES string of the molecule is CC(N)C(OCC1CCCO1)c1ccc(Cl)s1. The molecule has 0 aromatic carbocycles. The summed E-state index contributed by atoms with van der Waals surface area (Å²) in [4.78, 5) is 1.09. The maximum atomic E-state index is 5.96. The second-order valence-electron chi connectivity index (χ2n) is 4.39. The predicted octanol–water partition coefficient (Wildman–Crippen LogP) is 2.99. The Labute approximate surface area is 111 Å². The minimum Gasteiger partial charge on any atom is -0.376 e. The summed E-state index contributed by atoms with van der Waals surface area (Å²) in [5, 5.41) is 0.